The molecule has 2 aromatic rings. The van der Waals surface area contributed by atoms with Crippen LogP contribution < -0.4 is 0 Å². The molecule has 2 aromatic carbocycles. The Bertz CT molecular complexity index is 900. The summed E-state index contributed by atoms with van der Waals surface area (Å²) in [5.74, 6) is 0. The number of nitrogens with zero attached hydrogens (tertiary/aromatic N) is 2. The van der Waals surface area contributed by atoms with Gasteiger partial charge in [0.15, 0.2) is 0 Å². The van der Waals surface area contributed by atoms with Crippen LogP contribution in [-0.4, -0.2) is 51.6 Å². The van der Waals surface area contributed by atoms with Crippen molar-refractivity contribution in [2.24, 2.45) is 0 Å². The highest BCUT2D eigenvalue weighted by Crippen LogP contribution is 2.22. The van der Waals surface area contributed by atoms with Crippen molar-refractivity contribution in [1.29, 1.82) is 0 Å². The summed E-state index contributed by atoms with van der Waals surface area (Å²) in [5.41, 5.74) is 0. The van der Waals surface area contributed by atoms with Gasteiger partial charge >= 0.3 is 0 Å². The molecule has 0 N–H and O–H groups in total. The Morgan fingerprint density at radius 2 is 0.846 bits per heavy atom. The third-order valence-corrected chi connectivity index (χ3v) is 9.36. The van der Waals surface area contributed by atoms with Crippen LogP contribution in [0.4, 0.5) is 0 Å². The summed E-state index contributed by atoms with van der Waals surface area (Å²) in [4.78, 5) is 0.457. The maximum atomic E-state index is 12.7. The number of benzene rings is 2. The van der Waals surface area contributed by atoms with Crippen LogP contribution in [0, 0.1) is 7.14 Å². The first-order valence-electron chi connectivity index (χ1n) is 7.73. The lowest BCUT2D eigenvalue weighted by atomic mass is 10.4. The number of hydrogen-bond donors (Lipinski definition) is 0. The molecule has 140 valence electrons. The fourth-order valence-electron chi connectivity index (χ4n) is 2.66. The van der Waals surface area contributed by atoms with E-state index in [1.54, 1.807) is 48.5 Å². The lowest BCUT2D eigenvalue weighted by Crippen LogP contribution is -2.50. The van der Waals surface area contributed by atoms with E-state index >= 15 is 0 Å². The van der Waals surface area contributed by atoms with Gasteiger partial charge in [-0.3, -0.25) is 0 Å². The summed E-state index contributed by atoms with van der Waals surface area (Å²) in [7, 11) is -7.22. The van der Waals surface area contributed by atoms with E-state index in [4.69, 9.17) is 0 Å². The first-order chi connectivity index (χ1) is 12.2. The van der Waals surface area contributed by atoms with Crippen LogP contribution in [0.3, 0.4) is 0 Å². The number of sulfonamides is 2. The lowest BCUT2D eigenvalue weighted by Gasteiger charge is -2.33. The van der Waals surface area contributed by atoms with Gasteiger partial charge in [0.25, 0.3) is 0 Å². The van der Waals surface area contributed by atoms with Gasteiger partial charge in [0.05, 0.1) is 9.79 Å². The van der Waals surface area contributed by atoms with Crippen LogP contribution >= 0.6 is 45.2 Å². The summed E-state index contributed by atoms with van der Waals surface area (Å²) in [6.45, 7) is 0.547. The second kappa shape index (κ2) is 7.99. The van der Waals surface area contributed by atoms with Crippen molar-refractivity contribution in [1.82, 2.24) is 8.61 Å². The van der Waals surface area contributed by atoms with Crippen LogP contribution in [0.1, 0.15) is 0 Å². The van der Waals surface area contributed by atoms with Gasteiger partial charge in [-0.25, -0.2) is 16.8 Å². The monoisotopic (exact) mass is 618 g/mol. The molecule has 1 aliphatic rings. The highest BCUT2D eigenvalue weighted by molar-refractivity contribution is 14.1. The predicted octanol–water partition coefficient (Wildman–Crippen LogP) is 2.59. The Hall–Kier alpha value is -0.280. The van der Waals surface area contributed by atoms with Crippen molar-refractivity contribution in [3.8, 4) is 0 Å². The van der Waals surface area contributed by atoms with Gasteiger partial charge in [0.1, 0.15) is 0 Å². The molecule has 1 heterocycles. The van der Waals surface area contributed by atoms with Gasteiger partial charge < -0.3 is 0 Å². The van der Waals surface area contributed by atoms with Crippen LogP contribution in [-0.2, 0) is 20.0 Å². The molecule has 0 atom stereocenters. The minimum atomic E-state index is -3.61. The molecule has 0 radical (unpaired) electrons. The third kappa shape index (κ3) is 4.24. The molecule has 0 bridgehead atoms. The quantitative estimate of drug-likeness (QED) is 0.495. The molecular weight excluding hydrogens is 602 g/mol. The number of halogens is 2. The van der Waals surface area contributed by atoms with Gasteiger partial charge in [0, 0.05) is 33.3 Å². The second-order valence-electron chi connectivity index (χ2n) is 5.72. The topological polar surface area (TPSA) is 74.8 Å². The van der Waals surface area contributed by atoms with Crippen molar-refractivity contribution >= 4 is 65.2 Å². The maximum Gasteiger partial charge on any atom is 0.243 e. The van der Waals surface area contributed by atoms with E-state index in [1.165, 1.54) is 8.61 Å². The molecule has 1 fully saturated rings. The predicted molar refractivity (Wildman–Crippen MR) is 116 cm³/mol. The van der Waals surface area contributed by atoms with E-state index in [0.29, 0.717) is 0 Å². The van der Waals surface area contributed by atoms with E-state index in [2.05, 4.69) is 45.2 Å². The van der Waals surface area contributed by atoms with E-state index in [9.17, 15) is 16.8 Å². The van der Waals surface area contributed by atoms with Crippen molar-refractivity contribution in [2.45, 2.75) is 9.79 Å². The minimum Gasteiger partial charge on any atom is -0.207 e. The molecule has 6 nitrogen and oxygen atoms in total. The van der Waals surface area contributed by atoms with Gasteiger partial charge in [-0.2, -0.15) is 8.61 Å². The minimum absolute atomic E-state index is 0.137. The van der Waals surface area contributed by atoms with E-state index in [1.807, 2.05) is 0 Å². The summed E-state index contributed by atoms with van der Waals surface area (Å²) in [5, 5.41) is 0. The Labute approximate surface area is 181 Å². The second-order valence-corrected chi connectivity index (χ2v) is 12.1. The number of hydrogen-bond acceptors (Lipinski definition) is 4. The third-order valence-electron chi connectivity index (χ3n) is 4.10. The smallest absolute Gasteiger partial charge is 0.207 e. The van der Waals surface area contributed by atoms with E-state index in [0.717, 1.165) is 7.14 Å². The van der Waals surface area contributed by atoms with Crippen LogP contribution in [0.5, 0.6) is 0 Å². The molecule has 0 spiro atoms. The van der Waals surface area contributed by atoms with Gasteiger partial charge in [-0.1, -0.05) is 0 Å². The normalized spacial score (nSPS) is 17.3. The maximum absolute atomic E-state index is 12.7. The summed E-state index contributed by atoms with van der Waals surface area (Å²) in [6, 6.07) is 13.3. The Balaban J connectivity index is 1.74. The first kappa shape index (κ1) is 20.5. The SMILES string of the molecule is O=S(=O)(c1ccc(I)cc1)N1CCN(S(=O)(=O)c2ccc(I)cc2)CC1. The van der Waals surface area contributed by atoms with Crippen LogP contribution in [0.15, 0.2) is 58.3 Å². The fraction of sp³-hybridized carbons (Fsp3) is 0.250. The zero-order valence-corrected chi connectivity index (χ0v) is 19.5. The number of piperazine rings is 1. The Morgan fingerprint density at radius 3 is 1.12 bits per heavy atom. The molecule has 3 rings (SSSR count). The van der Waals surface area contributed by atoms with E-state index in [-0.39, 0.29) is 36.0 Å². The average Bonchev–Trinajstić information content (AvgIpc) is 2.62. The highest BCUT2D eigenvalue weighted by Gasteiger charge is 2.33. The molecule has 0 aromatic heterocycles. The Morgan fingerprint density at radius 1 is 0.577 bits per heavy atom. The van der Waals surface area contributed by atoms with Crippen molar-refractivity contribution in [2.75, 3.05) is 26.2 Å². The molecule has 0 aliphatic carbocycles. The molecule has 0 unspecified atom stereocenters. The molecule has 1 aliphatic heterocycles. The lowest BCUT2D eigenvalue weighted by molar-refractivity contribution is 0.273. The standard InChI is InChI=1S/C16H16I2N2O4S2/c17-13-1-5-15(6-2-13)25(21,22)19-9-11-20(12-10-19)26(23,24)16-7-3-14(18)4-8-16/h1-8H,9-12H2. The molecule has 0 saturated carbocycles. The highest BCUT2D eigenvalue weighted by atomic mass is 127. The van der Waals surface area contributed by atoms with Crippen molar-refractivity contribution < 1.29 is 16.8 Å². The zero-order chi connectivity index (χ0) is 18.9. The van der Waals surface area contributed by atoms with Crippen LogP contribution in [0.2, 0.25) is 0 Å². The molecule has 10 heteroatoms. The van der Waals surface area contributed by atoms with Gasteiger partial charge in [0.2, 0.25) is 20.0 Å². The van der Waals surface area contributed by atoms with Gasteiger partial charge in [-0.05, 0) is 93.7 Å². The molecule has 26 heavy (non-hydrogen) atoms. The summed E-state index contributed by atoms with van der Waals surface area (Å²) < 4.78 is 55.5. The summed E-state index contributed by atoms with van der Waals surface area (Å²) in [6.07, 6.45) is 0. The zero-order valence-electron chi connectivity index (χ0n) is 13.5. The first-order valence-corrected chi connectivity index (χ1v) is 12.8. The van der Waals surface area contributed by atoms with Crippen molar-refractivity contribution in [3.63, 3.8) is 0 Å². The van der Waals surface area contributed by atoms with Gasteiger partial charge in [-0.15, -0.1) is 0 Å². The fourth-order valence-corrected chi connectivity index (χ4v) is 6.23. The largest absolute Gasteiger partial charge is 0.243 e. The van der Waals surface area contributed by atoms with Crippen molar-refractivity contribution in [3.05, 3.63) is 55.7 Å². The Kier molecular flexibility index (Phi) is 6.29. The molecular formula is C16H16I2N2O4S2. The number of rotatable bonds is 4. The average molecular weight is 618 g/mol. The summed E-state index contributed by atoms with van der Waals surface area (Å²) >= 11 is 4.23. The molecule has 1 saturated heterocycles. The van der Waals surface area contributed by atoms with Crippen LogP contribution in [0.25, 0.3) is 0 Å². The molecule has 0 amide bonds. The van der Waals surface area contributed by atoms with E-state index < -0.39 is 20.0 Å².